The Balaban J connectivity index is 2.10. The molecule has 0 saturated carbocycles. The van der Waals surface area contributed by atoms with Gasteiger partial charge < -0.3 is 15.0 Å². The van der Waals surface area contributed by atoms with Crippen LogP contribution in [-0.2, 0) is 0 Å². The van der Waals surface area contributed by atoms with Crippen LogP contribution in [0, 0.1) is 0 Å². The molecular formula is C15H26N2OS. The van der Waals surface area contributed by atoms with Crippen LogP contribution in [0.15, 0.2) is 29.2 Å². The molecule has 0 amide bonds. The number of hydrogen-bond donors (Lipinski definition) is 1. The third kappa shape index (κ3) is 6.85. The highest BCUT2D eigenvalue weighted by Gasteiger charge is 1.99. The van der Waals surface area contributed by atoms with Crippen molar-refractivity contribution in [2.24, 2.45) is 0 Å². The standard InChI is InChI=1S/C15H26N2OS/c1-4-17(5-2)11-9-16-10-12-19-15-8-6-7-14(13-15)18-3/h6-8,13,16H,4-5,9-12H2,1-3H3. The highest BCUT2D eigenvalue weighted by Crippen LogP contribution is 2.22. The van der Waals surface area contributed by atoms with Crippen LogP contribution in [0.4, 0.5) is 0 Å². The molecule has 1 rings (SSSR count). The number of methoxy groups -OCH3 is 1. The molecule has 1 N–H and O–H groups in total. The molecule has 0 aromatic heterocycles. The minimum absolute atomic E-state index is 0.930. The van der Waals surface area contributed by atoms with Gasteiger partial charge in [-0.25, -0.2) is 0 Å². The van der Waals surface area contributed by atoms with Crippen LogP contribution in [0.3, 0.4) is 0 Å². The minimum atomic E-state index is 0.930. The van der Waals surface area contributed by atoms with Crippen LogP contribution < -0.4 is 10.1 Å². The maximum atomic E-state index is 5.22. The molecular weight excluding hydrogens is 256 g/mol. The third-order valence-electron chi connectivity index (χ3n) is 3.09. The predicted molar refractivity (Wildman–Crippen MR) is 84.4 cm³/mol. The van der Waals surface area contributed by atoms with Crippen molar-refractivity contribution in [1.82, 2.24) is 10.2 Å². The Hall–Kier alpha value is -0.710. The Morgan fingerprint density at radius 2 is 2.00 bits per heavy atom. The molecule has 0 unspecified atom stereocenters. The van der Waals surface area contributed by atoms with Gasteiger partial charge in [-0.15, -0.1) is 11.8 Å². The number of rotatable bonds is 10. The normalized spacial score (nSPS) is 10.9. The molecule has 0 radical (unpaired) electrons. The van der Waals surface area contributed by atoms with Gasteiger partial charge in [0.15, 0.2) is 0 Å². The molecule has 0 fully saturated rings. The molecule has 3 nitrogen and oxygen atoms in total. The lowest BCUT2D eigenvalue weighted by Gasteiger charge is -2.17. The lowest BCUT2D eigenvalue weighted by molar-refractivity contribution is 0.303. The van der Waals surface area contributed by atoms with Gasteiger partial charge in [0.25, 0.3) is 0 Å². The zero-order valence-corrected chi connectivity index (χ0v) is 13.1. The summed E-state index contributed by atoms with van der Waals surface area (Å²) in [6.45, 7) is 9.94. The molecule has 4 heteroatoms. The molecule has 0 aliphatic heterocycles. The smallest absolute Gasteiger partial charge is 0.119 e. The fourth-order valence-corrected chi connectivity index (χ4v) is 2.69. The highest BCUT2D eigenvalue weighted by molar-refractivity contribution is 7.99. The summed E-state index contributed by atoms with van der Waals surface area (Å²) in [7, 11) is 1.71. The van der Waals surface area contributed by atoms with Crippen molar-refractivity contribution in [3.8, 4) is 5.75 Å². The van der Waals surface area contributed by atoms with E-state index in [0.29, 0.717) is 0 Å². The van der Waals surface area contributed by atoms with Gasteiger partial charge in [0, 0.05) is 30.3 Å². The van der Waals surface area contributed by atoms with Crippen LogP contribution in [-0.4, -0.2) is 50.5 Å². The molecule has 0 saturated heterocycles. The number of nitrogens with zero attached hydrogens (tertiary/aromatic N) is 1. The van der Waals surface area contributed by atoms with Crippen LogP contribution in [0.2, 0.25) is 0 Å². The first-order chi connectivity index (χ1) is 9.30. The van der Waals surface area contributed by atoms with Gasteiger partial charge in [0.1, 0.15) is 5.75 Å². The fraction of sp³-hybridized carbons (Fsp3) is 0.600. The third-order valence-corrected chi connectivity index (χ3v) is 4.08. The second-order valence-corrected chi connectivity index (χ2v) is 5.47. The van der Waals surface area contributed by atoms with E-state index in [-0.39, 0.29) is 0 Å². The maximum Gasteiger partial charge on any atom is 0.119 e. The number of nitrogens with one attached hydrogen (secondary N) is 1. The van der Waals surface area contributed by atoms with Gasteiger partial charge in [-0.1, -0.05) is 19.9 Å². The van der Waals surface area contributed by atoms with Crippen molar-refractivity contribution in [3.05, 3.63) is 24.3 Å². The van der Waals surface area contributed by atoms with Crippen LogP contribution >= 0.6 is 11.8 Å². The summed E-state index contributed by atoms with van der Waals surface area (Å²) >= 11 is 1.86. The minimum Gasteiger partial charge on any atom is -0.497 e. The molecule has 0 spiro atoms. The van der Waals surface area contributed by atoms with E-state index in [0.717, 1.165) is 44.2 Å². The second-order valence-electron chi connectivity index (χ2n) is 4.30. The Morgan fingerprint density at radius 3 is 2.68 bits per heavy atom. The van der Waals surface area contributed by atoms with Crippen molar-refractivity contribution in [2.45, 2.75) is 18.7 Å². The molecule has 1 aromatic rings. The van der Waals surface area contributed by atoms with E-state index >= 15 is 0 Å². The number of likely N-dealkylation sites (N-methyl/N-ethyl adjacent to an activating group) is 1. The molecule has 1 aromatic carbocycles. The zero-order valence-electron chi connectivity index (χ0n) is 12.3. The Morgan fingerprint density at radius 1 is 1.21 bits per heavy atom. The lowest BCUT2D eigenvalue weighted by atomic mass is 10.3. The number of ether oxygens (including phenoxy) is 1. The molecule has 0 atom stereocenters. The lowest BCUT2D eigenvalue weighted by Crippen LogP contribution is -2.32. The van der Waals surface area contributed by atoms with Gasteiger partial charge in [-0.2, -0.15) is 0 Å². The van der Waals surface area contributed by atoms with Crippen molar-refractivity contribution >= 4 is 11.8 Å². The summed E-state index contributed by atoms with van der Waals surface area (Å²) in [5, 5.41) is 3.49. The number of hydrogen-bond acceptors (Lipinski definition) is 4. The Labute approximate surface area is 121 Å². The van der Waals surface area contributed by atoms with Gasteiger partial charge in [-0.05, 0) is 31.3 Å². The first-order valence-electron chi connectivity index (χ1n) is 7.00. The number of benzene rings is 1. The van der Waals surface area contributed by atoms with Crippen LogP contribution in [0.5, 0.6) is 5.75 Å². The monoisotopic (exact) mass is 282 g/mol. The van der Waals surface area contributed by atoms with Crippen molar-refractivity contribution < 1.29 is 4.74 Å². The maximum absolute atomic E-state index is 5.22. The molecule has 19 heavy (non-hydrogen) atoms. The first-order valence-corrected chi connectivity index (χ1v) is 7.98. The molecule has 108 valence electrons. The SMILES string of the molecule is CCN(CC)CCNCCSc1cccc(OC)c1. The van der Waals surface area contributed by atoms with Crippen LogP contribution in [0.1, 0.15) is 13.8 Å². The largest absolute Gasteiger partial charge is 0.497 e. The quantitative estimate of drug-likeness (QED) is 0.527. The van der Waals surface area contributed by atoms with E-state index in [9.17, 15) is 0 Å². The van der Waals surface area contributed by atoms with Gasteiger partial charge in [0.05, 0.1) is 7.11 Å². The zero-order chi connectivity index (χ0) is 13.9. The van der Waals surface area contributed by atoms with Crippen molar-refractivity contribution in [1.29, 1.82) is 0 Å². The van der Waals surface area contributed by atoms with Gasteiger partial charge >= 0.3 is 0 Å². The van der Waals surface area contributed by atoms with E-state index in [2.05, 4.69) is 36.2 Å². The highest BCUT2D eigenvalue weighted by atomic mass is 32.2. The summed E-state index contributed by atoms with van der Waals surface area (Å²) in [5.41, 5.74) is 0. The summed E-state index contributed by atoms with van der Waals surface area (Å²) in [5.74, 6) is 2.02. The number of thioether (sulfide) groups is 1. The molecule has 0 aliphatic carbocycles. The van der Waals surface area contributed by atoms with E-state index in [1.54, 1.807) is 7.11 Å². The first kappa shape index (κ1) is 16.3. The fourth-order valence-electron chi connectivity index (χ4n) is 1.83. The van der Waals surface area contributed by atoms with E-state index < -0.39 is 0 Å². The Bertz CT molecular complexity index is 343. The van der Waals surface area contributed by atoms with E-state index in [1.807, 2.05) is 23.9 Å². The average Bonchev–Trinajstić information content (AvgIpc) is 2.47. The summed E-state index contributed by atoms with van der Waals surface area (Å²) in [6.07, 6.45) is 0. The Kier molecular flexibility index (Phi) is 8.71. The van der Waals surface area contributed by atoms with Crippen molar-refractivity contribution in [2.75, 3.05) is 45.6 Å². The summed E-state index contributed by atoms with van der Waals surface area (Å²) in [4.78, 5) is 3.70. The van der Waals surface area contributed by atoms with Gasteiger partial charge in [0.2, 0.25) is 0 Å². The second kappa shape index (κ2) is 10.1. The molecule has 0 heterocycles. The summed E-state index contributed by atoms with van der Waals surface area (Å²) in [6, 6.07) is 8.23. The van der Waals surface area contributed by atoms with E-state index in [4.69, 9.17) is 4.74 Å². The van der Waals surface area contributed by atoms with Crippen LogP contribution in [0.25, 0.3) is 0 Å². The predicted octanol–water partition coefficient (Wildman–Crippen LogP) is 2.72. The van der Waals surface area contributed by atoms with E-state index in [1.165, 1.54) is 4.90 Å². The topological polar surface area (TPSA) is 24.5 Å². The summed E-state index contributed by atoms with van der Waals surface area (Å²) < 4.78 is 5.22. The average molecular weight is 282 g/mol. The molecule has 0 bridgehead atoms. The molecule has 0 aliphatic rings. The van der Waals surface area contributed by atoms with Gasteiger partial charge in [-0.3, -0.25) is 0 Å². The van der Waals surface area contributed by atoms with Crippen molar-refractivity contribution in [3.63, 3.8) is 0 Å².